The van der Waals surface area contributed by atoms with E-state index < -0.39 is 23.7 Å². The van der Waals surface area contributed by atoms with Gasteiger partial charge in [-0.25, -0.2) is 4.79 Å². The molecule has 0 bridgehead atoms. The fourth-order valence-corrected chi connectivity index (χ4v) is 4.48. The van der Waals surface area contributed by atoms with Gasteiger partial charge in [-0.15, -0.1) is 0 Å². The topological polar surface area (TPSA) is 90.3 Å². The van der Waals surface area contributed by atoms with Gasteiger partial charge in [-0.2, -0.15) is 0 Å². The zero-order valence-corrected chi connectivity index (χ0v) is 19.6. The SMILES string of the molecule is COc1ccc(O[C@@H]2COc3ccc(-c4ccccn4)cc3[C@@H]2C(OC)(C(=O)O)N(C)C)cc1. The van der Waals surface area contributed by atoms with Crippen molar-refractivity contribution in [1.82, 2.24) is 9.88 Å². The van der Waals surface area contributed by atoms with Gasteiger partial charge in [0.1, 0.15) is 30.0 Å². The smallest absolute Gasteiger partial charge is 0.352 e. The molecule has 34 heavy (non-hydrogen) atoms. The Hall–Kier alpha value is -3.62. The van der Waals surface area contributed by atoms with Crippen LogP contribution in [0.4, 0.5) is 0 Å². The minimum absolute atomic E-state index is 0.152. The van der Waals surface area contributed by atoms with E-state index in [-0.39, 0.29) is 6.61 Å². The lowest BCUT2D eigenvalue weighted by Gasteiger charge is -2.46. The van der Waals surface area contributed by atoms with E-state index in [4.69, 9.17) is 18.9 Å². The molecule has 0 spiro atoms. The van der Waals surface area contributed by atoms with E-state index in [1.165, 1.54) is 7.11 Å². The maximum absolute atomic E-state index is 12.7. The summed E-state index contributed by atoms with van der Waals surface area (Å²) in [5, 5.41) is 10.4. The first kappa shape index (κ1) is 23.5. The molecule has 4 rings (SSSR count). The Bertz CT molecular complexity index is 1140. The van der Waals surface area contributed by atoms with E-state index in [2.05, 4.69) is 4.98 Å². The van der Waals surface area contributed by atoms with E-state index in [1.807, 2.05) is 36.4 Å². The number of pyridine rings is 1. The molecule has 8 heteroatoms. The normalized spacial score (nSPS) is 19.0. The number of fused-ring (bicyclic) bond motifs is 1. The zero-order valence-electron chi connectivity index (χ0n) is 19.6. The fraction of sp³-hybridized carbons (Fsp3) is 0.308. The van der Waals surface area contributed by atoms with E-state index in [9.17, 15) is 9.90 Å². The molecule has 0 amide bonds. The lowest BCUT2D eigenvalue weighted by Crippen LogP contribution is -2.62. The molecular weight excluding hydrogens is 436 g/mol. The first-order valence-electron chi connectivity index (χ1n) is 10.9. The van der Waals surface area contributed by atoms with Crippen LogP contribution in [0.1, 0.15) is 11.5 Å². The summed E-state index contributed by atoms with van der Waals surface area (Å²) >= 11 is 0. The monoisotopic (exact) mass is 464 g/mol. The molecule has 3 aromatic rings. The number of hydrogen-bond donors (Lipinski definition) is 1. The Balaban J connectivity index is 1.84. The molecule has 1 aliphatic rings. The second-order valence-corrected chi connectivity index (χ2v) is 8.19. The number of carbonyl (C=O) groups is 1. The van der Waals surface area contributed by atoms with Crippen LogP contribution < -0.4 is 14.2 Å². The summed E-state index contributed by atoms with van der Waals surface area (Å²) in [6, 6.07) is 18.4. The number of likely N-dealkylation sites (N-methyl/N-ethyl adjacent to an activating group) is 1. The summed E-state index contributed by atoms with van der Waals surface area (Å²) in [7, 11) is 6.35. The van der Waals surface area contributed by atoms with Crippen LogP contribution >= 0.6 is 0 Å². The van der Waals surface area contributed by atoms with Gasteiger partial charge in [-0.05, 0) is 68.7 Å². The number of ether oxygens (including phenoxy) is 4. The Kier molecular flexibility index (Phi) is 6.72. The first-order chi connectivity index (χ1) is 16.4. The summed E-state index contributed by atoms with van der Waals surface area (Å²) in [6.07, 6.45) is 1.06. The highest BCUT2D eigenvalue weighted by Crippen LogP contribution is 2.46. The number of methoxy groups -OCH3 is 2. The molecular formula is C26H28N2O6. The van der Waals surface area contributed by atoms with Gasteiger partial charge in [-0.3, -0.25) is 9.88 Å². The van der Waals surface area contributed by atoms with Crippen LogP contribution in [-0.4, -0.2) is 67.7 Å². The second kappa shape index (κ2) is 9.70. The third-order valence-electron chi connectivity index (χ3n) is 6.13. The number of hydrogen-bond acceptors (Lipinski definition) is 7. The van der Waals surface area contributed by atoms with Crippen LogP contribution in [0, 0.1) is 0 Å². The molecule has 2 aromatic carbocycles. The van der Waals surface area contributed by atoms with Crippen molar-refractivity contribution < 1.29 is 28.8 Å². The molecule has 1 N–H and O–H groups in total. The summed E-state index contributed by atoms with van der Waals surface area (Å²) in [6.45, 7) is 0.152. The van der Waals surface area contributed by atoms with Gasteiger partial charge in [0.2, 0.25) is 5.72 Å². The van der Waals surface area contributed by atoms with Crippen molar-refractivity contribution in [1.29, 1.82) is 0 Å². The maximum atomic E-state index is 12.7. The Morgan fingerprint density at radius 1 is 1.09 bits per heavy atom. The molecule has 2 heterocycles. The first-order valence-corrected chi connectivity index (χ1v) is 10.9. The number of aromatic nitrogens is 1. The largest absolute Gasteiger partial charge is 0.497 e. The average molecular weight is 465 g/mol. The Morgan fingerprint density at radius 3 is 2.41 bits per heavy atom. The van der Waals surface area contributed by atoms with Gasteiger partial charge in [0.25, 0.3) is 0 Å². The van der Waals surface area contributed by atoms with Gasteiger partial charge in [0.15, 0.2) is 0 Å². The number of nitrogens with zero attached hydrogens (tertiary/aromatic N) is 2. The quantitative estimate of drug-likeness (QED) is 0.505. The molecule has 1 aliphatic heterocycles. The van der Waals surface area contributed by atoms with Gasteiger partial charge in [0.05, 0.1) is 18.7 Å². The van der Waals surface area contributed by atoms with Crippen LogP contribution in [0.5, 0.6) is 17.2 Å². The van der Waals surface area contributed by atoms with Crippen LogP contribution in [0.2, 0.25) is 0 Å². The predicted molar refractivity (Wildman–Crippen MR) is 126 cm³/mol. The Labute approximate surface area is 198 Å². The van der Waals surface area contributed by atoms with E-state index in [1.54, 1.807) is 56.6 Å². The Morgan fingerprint density at radius 2 is 1.82 bits per heavy atom. The molecule has 1 aromatic heterocycles. The molecule has 178 valence electrons. The van der Waals surface area contributed by atoms with E-state index in [0.29, 0.717) is 22.8 Å². The standard InChI is InChI=1S/C26H28N2O6/c1-28(2)26(32-4,25(29)30)24-20-15-17(21-7-5-6-14-27-21)8-13-22(20)33-16-23(24)34-19-11-9-18(31-3)10-12-19/h5-15,23-24H,16H2,1-4H3,(H,29,30)/t23-,24+,26?/m1/s1. The van der Waals surface area contributed by atoms with Gasteiger partial charge >= 0.3 is 5.97 Å². The van der Waals surface area contributed by atoms with Gasteiger partial charge < -0.3 is 24.1 Å². The predicted octanol–water partition coefficient (Wildman–Crippen LogP) is 3.67. The number of aliphatic carboxylic acids is 1. The minimum Gasteiger partial charge on any atom is -0.497 e. The summed E-state index contributed by atoms with van der Waals surface area (Å²) in [4.78, 5) is 18.7. The fourth-order valence-electron chi connectivity index (χ4n) is 4.48. The lowest BCUT2D eigenvalue weighted by molar-refractivity contribution is -0.199. The van der Waals surface area contributed by atoms with Crippen molar-refractivity contribution in [2.24, 2.45) is 0 Å². The molecule has 0 aliphatic carbocycles. The van der Waals surface area contributed by atoms with Crippen molar-refractivity contribution in [3.63, 3.8) is 0 Å². The summed E-state index contributed by atoms with van der Waals surface area (Å²) < 4.78 is 23.3. The van der Waals surface area contributed by atoms with E-state index in [0.717, 1.165) is 11.3 Å². The minimum atomic E-state index is -1.71. The second-order valence-electron chi connectivity index (χ2n) is 8.19. The van der Waals surface area contributed by atoms with Crippen molar-refractivity contribution in [2.75, 3.05) is 34.9 Å². The number of carboxylic acid groups (broad SMARTS) is 1. The van der Waals surface area contributed by atoms with Crippen LogP contribution in [0.25, 0.3) is 11.3 Å². The maximum Gasteiger partial charge on any atom is 0.352 e. The molecule has 0 radical (unpaired) electrons. The molecule has 0 saturated heterocycles. The average Bonchev–Trinajstić information content (AvgIpc) is 2.86. The highest BCUT2D eigenvalue weighted by atomic mass is 16.6. The zero-order chi connectivity index (χ0) is 24.3. The van der Waals surface area contributed by atoms with Crippen LogP contribution in [0.3, 0.4) is 0 Å². The van der Waals surface area contributed by atoms with Gasteiger partial charge in [-0.1, -0.05) is 6.07 Å². The lowest BCUT2D eigenvalue weighted by atomic mass is 9.80. The third-order valence-corrected chi connectivity index (χ3v) is 6.13. The molecule has 0 fully saturated rings. The molecule has 1 unspecified atom stereocenters. The summed E-state index contributed by atoms with van der Waals surface area (Å²) in [5.74, 6) is 0.00445. The molecule has 3 atom stereocenters. The van der Waals surface area contributed by atoms with E-state index >= 15 is 0 Å². The van der Waals surface area contributed by atoms with Crippen LogP contribution in [-0.2, 0) is 9.53 Å². The van der Waals surface area contributed by atoms with Crippen LogP contribution in [0.15, 0.2) is 66.9 Å². The molecule has 8 nitrogen and oxygen atoms in total. The van der Waals surface area contributed by atoms with Crippen molar-refractivity contribution >= 4 is 5.97 Å². The number of benzene rings is 2. The van der Waals surface area contributed by atoms with Gasteiger partial charge in [0, 0.05) is 24.4 Å². The third kappa shape index (κ3) is 4.18. The summed E-state index contributed by atoms with van der Waals surface area (Å²) in [5.41, 5.74) is 0.571. The number of carboxylic acids is 1. The number of rotatable bonds is 8. The highest BCUT2D eigenvalue weighted by molar-refractivity contribution is 5.79. The molecule has 0 saturated carbocycles. The van der Waals surface area contributed by atoms with Crippen molar-refractivity contribution in [2.45, 2.75) is 17.7 Å². The highest BCUT2D eigenvalue weighted by Gasteiger charge is 2.56. The van der Waals surface area contributed by atoms with Crippen molar-refractivity contribution in [3.05, 3.63) is 72.4 Å². The van der Waals surface area contributed by atoms with Crippen molar-refractivity contribution in [3.8, 4) is 28.5 Å².